The van der Waals surface area contributed by atoms with Crippen LogP contribution in [0.25, 0.3) is 0 Å². The van der Waals surface area contributed by atoms with Gasteiger partial charge in [-0.15, -0.1) is 0 Å². The molecule has 0 heterocycles. The van der Waals surface area contributed by atoms with Crippen LogP contribution in [0.2, 0.25) is 0 Å². The van der Waals surface area contributed by atoms with Crippen molar-refractivity contribution < 1.29 is 4.39 Å². The van der Waals surface area contributed by atoms with Gasteiger partial charge in [-0.2, -0.15) is 5.26 Å². The number of nitrogens with zero attached hydrogens (tertiary/aromatic N) is 1. The summed E-state index contributed by atoms with van der Waals surface area (Å²) in [5, 5.41) is 12.2. The van der Waals surface area contributed by atoms with Gasteiger partial charge in [-0.1, -0.05) is 19.8 Å². The maximum Gasteiger partial charge on any atom is 0.124 e. The van der Waals surface area contributed by atoms with Crippen molar-refractivity contribution in [3.63, 3.8) is 0 Å². The molecule has 0 amide bonds. The summed E-state index contributed by atoms with van der Waals surface area (Å²) >= 11 is 0. The Morgan fingerprint density at radius 1 is 1.39 bits per heavy atom. The summed E-state index contributed by atoms with van der Waals surface area (Å²) in [6.45, 7) is 3.92. The predicted molar refractivity (Wildman–Crippen MR) is 69.3 cm³/mol. The molecule has 1 saturated carbocycles. The summed E-state index contributed by atoms with van der Waals surface area (Å²) in [6.07, 6.45) is 3.94. The number of hydrogen-bond donors (Lipinski definition) is 1. The lowest BCUT2D eigenvalue weighted by atomic mass is 9.98. The lowest BCUT2D eigenvalue weighted by molar-refractivity contribution is 0.392. The van der Waals surface area contributed by atoms with E-state index < -0.39 is 0 Å². The molecule has 0 aromatic heterocycles. The highest BCUT2D eigenvalue weighted by Crippen LogP contribution is 2.30. The highest BCUT2D eigenvalue weighted by Gasteiger charge is 2.22. The topological polar surface area (TPSA) is 35.8 Å². The predicted octanol–water partition coefficient (Wildman–Crippen LogP) is 3.22. The molecule has 2 rings (SSSR count). The minimum atomic E-state index is -0.333. The average Bonchev–Trinajstić information content (AvgIpc) is 2.74. The fraction of sp³-hybridized carbons (Fsp3) is 0.533. The van der Waals surface area contributed by atoms with Crippen molar-refractivity contribution in [2.45, 2.75) is 32.7 Å². The van der Waals surface area contributed by atoms with Crippen LogP contribution in [0.3, 0.4) is 0 Å². The summed E-state index contributed by atoms with van der Waals surface area (Å²) < 4.78 is 13.2. The normalized spacial score (nSPS) is 22.9. The van der Waals surface area contributed by atoms with E-state index >= 15 is 0 Å². The molecule has 1 aromatic rings. The molecule has 2 unspecified atom stereocenters. The van der Waals surface area contributed by atoms with Crippen LogP contribution in [-0.2, 0) is 6.54 Å². The van der Waals surface area contributed by atoms with E-state index in [1.165, 1.54) is 31.4 Å². The van der Waals surface area contributed by atoms with Crippen LogP contribution in [0.5, 0.6) is 0 Å². The van der Waals surface area contributed by atoms with Gasteiger partial charge in [-0.3, -0.25) is 0 Å². The smallest absolute Gasteiger partial charge is 0.124 e. The van der Waals surface area contributed by atoms with Crippen LogP contribution >= 0.6 is 0 Å². The van der Waals surface area contributed by atoms with Gasteiger partial charge in [0.25, 0.3) is 0 Å². The zero-order chi connectivity index (χ0) is 13.0. The van der Waals surface area contributed by atoms with Crippen molar-refractivity contribution in [2.75, 3.05) is 6.54 Å². The van der Waals surface area contributed by atoms with Gasteiger partial charge >= 0.3 is 0 Å². The monoisotopic (exact) mass is 246 g/mol. The summed E-state index contributed by atoms with van der Waals surface area (Å²) in [5.74, 6) is 1.20. The van der Waals surface area contributed by atoms with Crippen molar-refractivity contribution in [3.05, 3.63) is 35.1 Å². The number of rotatable bonds is 4. The molecule has 0 radical (unpaired) electrons. The van der Waals surface area contributed by atoms with E-state index in [1.807, 2.05) is 6.07 Å². The van der Waals surface area contributed by atoms with Crippen LogP contribution in [0.1, 0.15) is 37.3 Å². The first-order valence-corrected chi connectivity index (χ1v) is 6.59. The maximum atomic E-state index is 13.2. The molecule has 0 saturated heterocycles. The van der Waals surface area contributed by atoms with Crippen LogP contribution in [-0.4, -0.2) is 6.54 Å². The SMILES string of the molecule is CC1CCCC1CNCc1cc(F)cc(C#N)c1. The Hall–Kier alpha value is -1.40. The van der Waals surface area contributed by atoms with Gasteiger partial charge in [0.2, 0.25) is 0 Å². The number of hydrogen-bond acceptors (Lipinski definition) is 2. The van der Waals surface area contributed by atoms with E-state index in [0.717, 1.165) is 23.9 Å². The van der Waals surface area contributed by atoms with Crippen LogP contribution in [0, 0.1) is 29.0 Å². The zero-order valence-corrected chi connectivity index (χ0v) is 10.7. The van der Waals surface area contributed by atoms with E-state index in [4.69, 9.17) is 5.26 Å². The van der Waals surface area contributed by atoms with Crippen LogP contribution in [0.4, 0.5) is 4.39 Å². The molecule has 1 fully saturated rings. The van der Waals surface area contributed by atoms with Crippen molar-refractivity contribution in [1.82, 2.24) is 5.32 Å². The van der Waals surface area contributed by atoms with E-state index in [9.17, 15) is 4.39 Å². The third-order valence-corrected chi connectivity index (χ3v) is 3.86. The summed E-state index contributed by atoms with van der Waals surface area (Å²) in [4.78, 5) is 0. The molecular formula is C15H19FN2. The fourth-order valence-electron chi connectivity index (χ4n) is 2.74. The molecule has 0 spiro atoms. The molecule has 96 valence electrons. The van der Waals surface area contributed by atoms with Crippen molar-refractivity contribution >= 4 is 0 Å². The Kier molecular flexibility index (Phi) is 4.33. The Morgan fingerprint density at radius 3 is 2.89 bits per heavy atom. The molecule has 1 aliphatic carbocycles. The lowest BCUT2D eigenvalue weighted by Gasteiger charge is -2.16. The lowest BCUT2D eigenvalue weighted by Crippen LogP contribution is -2.24. The molecule has 2 nitrogen and oxygen atoms in total. The minimum Gasteiger partial charge on any atom is -0.312 e. The largest absolute Gasteiger partial charge is 0.312 e. The molecule has 1 N–H and O–H groups in total. The van der Waals surface area contributed by atoms with Crippen LogP contribution < -0.4 is 5.32 Å². The minimum absolute atomic E-state index is 0.333. The van der Waals surface area contributed by atoms with Gasteiger partial charge in [0.05, 0.1) is 11.6 Å². The Morgan fingerprint density at radius 2 is 2.22 bits per heavy atom. The highest BCUT2D eigenvalue weighted by atomic mass is 19.1. The Bertz CT molecular complexity index is 450. The van der Waals surface area contributed by atoms with Crippen molar-refractivity contribution in [2.24, 2.45) is 11.8 Å². The first-order chi connectivity index (χ1) is 8.69. The Labute approximate surface area is 108 Å². The van der Waals surface area contributed by atoms with E-state index in [1.54, 1.807) is 6.07 Å². The van der Waals surface area contributed by atoms with Gasteiger partial charge in [-0.05, 0) is 48.6 Å². The van der Waals surface area contributed by atoms with Crippen molar-refractivity contribution in [3.8, 4) is 6.07 Å². The van der Waals surface area contributed by atoms with E-state index in [-0.39, 0.29) is 5.82 Å². The maximum absolute atomic E-state index is 13.2. The third kappa shape index (κ3) is 3.30. The Balaban J connectivity index is 1.86. The first-order valence-electron chi connectivity index (χ1n) is 6.59. The second-order valence-electron chi connectivity index (χ2n) is 5.26. The molecular weight excluding hydrogens is 227 g/mol. The van der Waals surface area contributed by atoms with Gasteiger partial charge in [0, 0.05) is 6.54 Å². The molecule has 3 heteroatoms. The second-order valence-corrected chi connectivity index (χ2v) is 5.26. The quantitative estimate of drug-likeness (QED) is 0.885. The fourth-order valence-corrected chi connectivity index (χ4v) is 2.74. The van der Waals surface area contributed by atoms with Gasteiger partial charge < -0.3 is 5.32 Å². The number of benzene rings is 1. The third-order valence-electron chi connectivity index (χ3n) is 3.86. The first kappa shape index (κ1) is 13.0. The van der Waals surface area contributed by atoms with E-state index in [2.05, 4.69) is 12.2 Å². The van der Waals surface area contributed by atoms with E-state index in [0.29, 0.717) is 12.1 Å². The summed E-state index contributed by atoms with van der Waals surface area (Å²) in [6, 6.07) is 6.48. The average molecular weight is 246 g/mol. The van der Waals surface area contributed by atoms with Crippen LogP contribution in [0.15, 0.2) is 18.2 Å². The highest BCUT2D eigenvalue weighted by molar-refractivity contribution is 5.33. The number of nitrogens with one attached hydrogen (secondary N) is 1. The molecule has 0 bridgehead atoms. The number of nitriles is 1. The van der Waals surface area contributed by atoms with Gasteiger partial charge in [0.1, 0.15) is 5.82 Å². The number of halogens is 1. The molecule has 0 aliphatic heterocycles. The molecule has 2 atom stereocenters. The zero-order valence-electron chi connectivity index (χ0n) is 10.7. The van der Waals surface area contributed by atoms with Gasteiger partial charge in [-0.25, -0.2) is 4.39 Å². The molecule has 18 heavy (non-hydrogen) atoms. The molecule has 1 aliphatic rings. The van der Waals surface area contributed by atoms with Gasteiger partial charge in [0.15, 0.2) is 0 Å². The molecule has 1 aromatic carbocycles. The second kappa shape index (κ2) is 5.97. The summed E-state index contributed by atoms with van der Waals surface area (Å²) in [5.41, 5.74) is 1.23. The summed E-state index contributed by atoms with van der Waals surface area (Å²) in [7, 11) is 0. The standard InChI is InChI=1S/C15H19FN2/c1-11-3-2-4-14(11)10-18-9-13-5-12(8-17)6-15(16)7-13/h5-7,11,14,18H,2-4,9-10H2,1H3. The van der Waals surface area contributed by atoms with Crippen molar-refractivity contribution in [1.29, 1.82) is 5.26 Å².